The number of halogens is 1. The first-order valence-electron chi connectivity index (χ1n) is 9.98. The lowest BCUT2D eigenvalue weighted by molar-refractivity contribution is -0.134. The monoisotopic (exact) mass is 444 g/mol. The Morgan fingerprint density at radius 3 is 2.44 bits per heavy atom. The molecule has 0 N–H and O–H groups in total. The van der Waals surface area contributed by atoms with Crippen LogP contribution in [0.15, 0.2) is 92.5 Å². The summed E-state index contributed by atoms with van der Waals surface area (Å²) in [6.45, 7) is 1.77. The molecule has 0 bridgehead atoms. The molecule has 1 unspecified atom stereocenters. The van der Waals surface area contributed by atoms with E-state index in [0.29, 0.717) is 44.8 Å². The Bertz CT molecular complexity index is 1480. The molecule has 0 fully saturated rings. The van der Waals surface area contributed by atoms with E-state index < -0.39 is 17.0 Å². The van der Waals surface area contributed by atoms with Crippen molar-refractivity contribution in [2.75, 3.05) is 0 Å². The van der Waals surface area contributed by atoms with Crippen LogP contribution in [0.1, 0.15) is 16.5 Å². The van der Waals surface area contributed by atoms with Crippen LogP contribution in [-0.4, -0.2) is 5.97 Å². The number of esters is 1. The van der Waals surface area contributed by atoms with Gasteiger partial charge in [-0.05, 0) is 42.3 Å². The van der Waals surface area contributed by atoms with Crippen molar-refractivity contribution in [2.24, 2.45) is 0 Å². The Hall–Kier alpha value is -3.83. The first-order chi connectivity index (χ1) is 15.5. The number of fused-ring (bicyclic) bond motifs is 2. The van der Waals surface area contributed by atoms with E-state index in [1.165, 1.54) is 6.07 Å². The van der Waals surface area contributed by atoms with Gasteiger partial charge in [-0.25, -0.2) is 9.59 Å². The average Bonchev–Trinajstić information content (AvgIpc) is 3.23. The minimum absolute atomic E-state index is 0.329. The number of carbonyl (C=O) groups excluding carboxylic acids is 1. The Morgan fingerprint density at radius 1 is 0.906 bits per heavy atom. The lowest BCUT2D eigenvalue weighted by Crippen LogP contribution is -2.15. The van der Waals surface area contributed by atoms with E-state index in [4.69, 9.17) is 25.2 Å². The van der Waals surface area contributed by atoms with Crippen LogP contribution in [0.3, 0.4) is 0 Å². The molecular weight excluding hydrogens is 428 g/mol. The highest BCUT2D eigenvalue weighted by Gasteiger charge is 2.22. The summed E-state index contributed by atoms with van der Waals surface area (Å²) in [6, 6.07) is 23.1. The summed E-state index contributed by atoms with van der Waals surface area (Å²) in [5, 5.41) is 0.549. The van der Waals surface area contributed by atoms with E-state index in [2.05, 4.69) is 0 Å². The zero-order valence-electron chi connectivity index (χ0n) is 17.0. The smallest absolute Gasteiger partial charge is 0.336 e. The van der Waals surface area contributed by atoms with Gasteiger partial charge in [0.15, 0.2) is 5.38 Å². The number of para-hydroxylation sites is 1. The summed E-state index contributed by atoms with van der Waals surface area (Å²) in [5.41, 5.74) is 2.41. The molecule has 5 nitrogen and oxygen atoms in total. The zero-order valence-corrected chi connectivity index (χ0v) is 17.8. The molecule has 1 atom stereocenters. The van der Waals surface area contributed by atoms with Gasteiger partial charge >= 0.3 is 11.6 Å². The maximum absolute atomic E-state index is 12.7. The molecule has 0 amide bonds. The van der Waals surface area contributed by atoms with Crippen LogP contribution in [0.2, 0.25) is 0 Å². The third-order valence-corrected chi connectivity index (χ3v) is 5.67. The largest absolute Gasteiger partial charge is 0.456 e. The quantitative estimate of drug-likeness (QED) is 0.139. The molecule has 5 aromatic rings. The number of alkyl halides is 1. The standard InChI is InChI=1S/C26H17ClO5/c1-15-11-22-18(13-21(15)32-26(29)25(27)16-7-3-2-4-8-16)19(14-24(28)31-22)23-12-17-9-5-6-10-20(17)30-23/h2-14,25H,1H3. The molecule has 0 saturated carbocycles. The lowest BCUT2D eigenvalue weighted by Gasteiger charge is -2.13. The van der Waals surface area contributed by atoms with Crippen molar-refractivity contribution in [2.45, 2.75) is 12.3 Å². The van der Waals surface area contributed by atoms with E-state index in [1.54, 1.807) is 43.3 Å². The van der Waals surface area contributed by atoms with Crippen molar-refractivity contribution in [1.29, 1.82) is 0 Å². The van der Waals surface area contributed by atoms with Gasteiger partial charge < -0.3 is 13.6 Å². The summed E-state index contributed by atoms with van der Waals surface area (Å²) in [7, 11) is 0. The molecule has 2 aromatic heterocycles. The summed E-state index contributed by atoms with van der Waals surface area (Å²) in [5.74, 6) is 0.253. The molecule has 0 aliphatic carbocycles. The molecule has 0 spiro atoms. The van der Waals surface area contributed by atoms with Gasteiger partial charge in [0.2, 0.25) is 0 Å². The molecule has 0 aliphatic heterocycles. The Labute approximate surface area is 187 Å². The first-order valence-corrected chi connectivity index (χ1v) is 10.4. The summed E-state index contributed by atoms with van der Waals surface area (Å²) in [6.07, 6.45) is 0. The molecule has 3 aromatic carbocycles. The van der Waals surface area contributed by atoms with Gasteiger partial charge in [0.05, 0.1) is 0 Å². The van der Waals surface area contributed by atoms with E-state index in [1.807, 2.05) is 36.4 Å². The van der Waals surface area contributed by atoms with Crippen molar-refractivity contribution in [3.63, 3.8) is 0 Å². The topological polar surface area (TPSA) is 69.7 Å². The summed E-state index contributed by atoms with van der Waals surface area (Å²) >= 11 is 6.32. The molecule has 2 heterocycles. The van der Waals surface area contributed by atoms with Gasteiger partial charge in [-0.3, -0.25) is 0 Å². The first kappa shape index (κ1) is 20.1. The van der Waals surface area contributed by atoms with Gasteiger partial charge in [0.25, 0.3) is 0 Å². The Morgan fingerprint density at radius 2 is 1.66 bits per heavy atom. The predicted molar refractivity (Wildman–Crippen MR) is 123 cm³/mol. The number of ether oxygens (including phenoxy) is 1. The SMILES string of the molecule is Cc1cc2oc(=O)cc(-c3cc4ccccc4o3)c2cc1OC(=O)C(Cl)c1ccccc1. The van der Waals surface area contributed by atoms with Crippen molar-refractivity contribution in [1.82, 2.24) is 0 Å². The molecule has 0 radical (unpaired) electrons. The number of hydrogen-bond donors (Lipinski definition) is 0. The molecule has 0 aliphatic rings. The minimum atomic E-state index is -0.949. The highest BCUT2D eigenvalue weighted by atomic mass is 35.5. The van der Waals surface area contributed by atoms with Crippen LogP contribution in [0.4, 0.5) is 0 Å². The third-order valence-electron chi connectivity index (χ3n) is 5.24. The Balaban J connectivity index is 1.58. The number of hydrogen-bond acceptors (Lipinski definition) is 5. The number of furan rings is 1. The maximum atomic E-state index is 12.7. The summed E-state index contributed by atoms with van der Waals surface area (Å²) < 4.78 is 17.0. The fourth-order valence-electron chi connectivity index (χ4n) is 3.64. The molecule has 32 heavy (non-hydrogen) atoms. The second-order valence-electron chi connectivity index (χ2n) is 7.44. The normalized spacial score (nSPS) is 12.2. The van der Waals surface area contributed by atoms with Gasteiger partial charge in [-0.2, -0.15) is 0 Å². The second kappa shape index (κ2) is 8.02. The van der Waals surface area contributed by atoms with Crippen LogP contribution < -0.4 is 10.4 Å². The molecule has 0 saturated heterocycles. The van der Waals surface area contributed by atoms with E-state index in [9.17, 15) is 9.59 Å². The lowest BCUT2D eigenvalue weighted by atomic mass is 10.0. The summed E-state index contributed by atoms with van der Waals surface area (Å²) in [4.78, 5) is 24.9. The molecule has 6 heteroatoms. The number of benzene rings is 3. The minimum Gasteiger partial charge on any atom is -0.456 e. The highest BCUT2D eigenvalue weighted by Crippen LogP contribution is 2.35. The molecule has 158 valence electrons. The zero-order chi connectivity index (χ0) is 22.2. The second-order valence-corrected chi connectivity index (χ2v) is 7.87. The van der Waals surface area contributed by atoms with Crippen molar-refractivity contribution in [3.05, 3.63) is 100 Å². The fraction of sp³-hybridized carbons (Fsp3) is 0.0769. The Kier molecular flexibility index (Phi) is 5.04. The molecular formula is C26H17ClO5. The third kappa shape index (κ3) is 3.67. The number of rotatable bonds is 4. The fourth-order valence-corrected chi connectivity index (χ4v) is 3.83. The number of aryl methyl sites for hydroxylation is 1. The van der Waals surface area contributed by atoms with Crippen LogP contribution in [0, 0.1) is 6.92 Å². The van der Waals surface area contributed by atoms with Crippen LogP contribution >= 0.6 is 11.6 Å². The van der Waals surface area contributed by atoms with E-state index in [0.717, 1.165) is 5.39 Å². The van der Waals surface area contributed by atoms with Gasteiger partial charge in [-0.15, -0.1) is 11.6 Å². The van der Waals surface area contributed by atoms with Gasteiger partial charge in [-0.1, -0.05) is 48.5 Å². The highest BCUT2D eigenvalue weighted by molar-refractivity contribution is 6.30. The van der Waals surface area contributed by atoms with Crippen LogP contribution in [-0.2, 0) is 4.79 Å². The van der Waals surface area contributed by atoms with Crippen LogP contribution in [0.25, 0.3) is 33.3 Å². The predicted octanol–water partition coefficient (Wildman–Crippen LogP) is 6.40. The maximum Gasteiger partial charge on any atom is 0.336 e. The van der Waals surface area contributed by atoms with Crippen molar-refractivity contribution >= 4 is 39.5 Å². The van der Waals surface area contributed by atoms with Crippen LogP contribution in [0.5, 0.6) is 5.75 Å². The molecule has 5 rings (SSSR count). The van der Waals surface area contributed by atoms with Gasteiger partial charge in [0, 0.05) is 22.4 Å². The van der Waals surface area contributed by atoms with Gasteiger partial charge in [0.1, 0.15) is 22.7 Å². The van der Waals surface area contributed by atoms with E-state index in [-0.39, 0.29) is 0 Å². The number of carbonyl (C=O) groups is 1. The van der Waals surface area contributed by atoms with E-state index >= 15 is 0 Å². The van der Waals surface area contributed by atoms with Crippen molar-refractivity contribution in [3.8, 4) is 17.1 Å². The average molecular weight is 445 g/mol. The van der Waals surface area contributed by atoms with Crippen molar-refractivity contribution < 1.29 is 18.4 Å².